The second kappa shape index (κ2) is 7.03. The van der Waals surface area contributed by atoms with Gasteiger partial charge < -0.3 is 14.8 Å². The third kappa shape index (κ3) is 3.93. The normalized spacial score (nSPS) is 19.3. The number of likely N-dealkylation sites (N-methyl/N-ethyl adjacent to an activating group) is 1. The number of benzene rings is 1. The third-order valence-electron chi connectivity index (χ3n) is 4.64. The van der Waals surface area contributed by atoms with Crippen molar-refractivity contribution in [3.8, 4) is 0 Å². The second-order valence-electron chi connectivity index (χ2n) is 6.84. The van der Waals surface area contributed by atoms with E-state index >= 15 is 0 Å². The maximum atomic E-state index is 12.2. The lowest BCUT2D eigenvalue weighted by molar-refractivity contribution is 0.206. The summed E-state index contributed by atoms with van der Waals surface area (Å²) in [6, 6.07) is 9.02. The van der Waals surface area contributed by atoms with E-state index in [0.717, 1.165) is 6.42 Å². The van der Waals surface area contributed by atoms with E-state index in [-0.39, 0.29) is 12.1 Å². The molecule has 1 heterocycles. The van der Waals surface area contributed by atoms with Crippen molar-refractivity contribution in [1.82, 2.24) is 25.0 Å². The Morgan fingerprint density at radius 1 is 1.29 bits per heavy atom. The molecular weight excluding hydrogens is 302 g/mol. The maximum Gasteiger partial charge on any atom is 0.317 e. The molecule has 0 saturated heterocycles. The Hall–Kier alpha value is -2.37. The predicted molar refractivity (Wildman–Crippen MR) is 92.9 cm³/mol. The van der Waals surface area contributed by atoms with Gasteiger partial charge in [0.2, 0.25) is 0 Å². The van der Waals surface area contributed by atoms with E-state index in [0.29, 0.717) is 24.9 Å². The fourth-order valence-electron chi connectivity index (χ4n) is 2.82. The van der Waals surface area contributed by atoms with Crippen LogP contribution in [0.3, 0.4) is 0 Å². The van der Waals surface area contributed by atoms with Crippen molar-refractivity contribution < 1.29 is 4.79 Å². The van der Waals surface area contributed by atoms with Gasteiger partial charge in [0, 0.05) is 32.1 Å². The third-order valence-corrected chi connectivity index (χ3v) is 4.64. The summed E-state index contributed by atoms with van der Waals surface area (Å²) < 4.78 is 1.86. The summed E-state index contributed by atoms with van der Waals surface area (Å²) in [5, 5.41) is 10.6. The molecule has 2 atom stereocenters. The van der Waals surface area contributed by atoms with Gasteiger partial charge in [0.25, 0.3) is 0 Å². The van der Waals surface area contributed by atoms with Crippen molar-refractivity contribution in [1.29, 1.82) is 0 Å². The quantitative estimate of drug-likeness (QED) is 0.887. The van der Waals surface area contributed by atoms with Gasteiger partial charge in [0.1, 0.15) is 12.7 Å². The van der Waals surface area contributed by atoms with E-state index < -0.39 is 0 Å². The molecule has 0 spiro atoms. The fraction of sp³-hybridized carbons (Fsp3) is 0.500. The van der Waals surface area contributed by atoms with Crippen LogP contribution in [-0.2, 0) is 6.54 Å². The number of urea groups is 1. The van der Waals surface area contributed by atoms with Gasteiger partial charge >= 0.3 is 6.03 Å². The monoisotopic (exact) mass is 327 g/mol. The summed E-state index contributed by atoms with van der Waals surface area (Å²) in [4.78, 5) is 14.0. The van der Waals surface area contributed by atoms with E-state index in [4.69, 9.17) is 0 Å². The number of carbonyl (C=O) groups excluding carboxylic acids is 1. The van der Waals surface area contributed by atoms with Gasteiger partial charge in [-0.15, -0.1) is 10.2 Å². The highest BCUT2D eigenvalue weighted by atomic mass is 16.2. The van der Waals surface area contributed by atoms with Crippen LogP contribution in [0, 0.1) is 0 Å². The Bertz CT molecular complexity index is 665. The van der Waals surface area contributed by atoms with Gasteiger partial charge in [-0.25, -0.2) is 4.79 Å². The molecule has 1 aliphatic rings. The number of aromatic nitrogens is 3. The maximum absolute atomic E-state index is 12.2. The first-order chi connectivity index (χ1) is 11.5. The van der Waals surface area contributed by atoms with Gasteiger partial charge in [-0.2, -0.15) is 0 Å². The molecule has 0 bridgehead atoms. The standard InChI is InChI=1S/C18H25N5O/c1-13(2)14-4-6-15(7-5-14)16-10-17(16)21-18(24)22(3)8-9-23-11-19-20-12-23/h4-7,11-13,16-17H,8-10H2,1-3H3,(H,21,24)/t16-,17+/m0/s1. The molecule has 1 aromatic heterocycles. The molecule has 1 N–H and O–H groups in total. The summed E-state index contributed by atoms with van der Waals surface area (Å²) in [7, 11) is 1.81. The summed E-state index contributed by atoms with van der Waals surface area (Å²) in [5.41, 5.74) is 2.67. The minimum Gasteiger partial charge on any atom is -0.335 e. The molecule has 1 aromatic carbocycles. The highest BCUT2D eigenvalue weighted by Gasteiger charge is 2.39. The number of nitrogens with one attached hydrogen (secondary N) is 1. The molecule has 0 unspecified atom stereocenters. The number of hydrogen-bond donors (Lipinski definition) is 1. The number of amides is 2. The molecule has 3 rings (SSSR count). The summed E-state index contributed by atoms with van der Waals surface area (Å²) >= 11 is 0. The summed E-state index contributed by atoms with van der Waals surface area (Å²) in [5.74, 6) is 0.995. The van der Waals surface area contributed by atoms with Gasteiger partial charge in [-0.1, -0.05) is 38.1 Å². The average Bonchev–Trinajstić information content (AvgIpc) is 3.14. The van der Waals surface area contributed by atoms with E-state index in [1.54, 1.807) is 17.6 Å². The van der Waals surface area contributed by atoms with Crippen LogP contribution < -0.4 is 5.32 Å². The first-order valence-electron chi connectivity index (χ1n) is 8.48. The Kier molecular flexibility index (Phi) is 4.83. The Balaban J connectivity index is 1.46. The highest BCUT2D eigenvalue weighted by Crippen LogP contribution is 2.41. The fourth-order valence-corrected chi connectivity index (χ4v) is 2.82. The van der Waals surface area contributed by atoms with Crippen LogP contribution >= 0.6 is 0 Å². The molecule has 1 fully saturated rings. The first kappa shape index (κ1) is 16.5. The largest absolute Gasteiger partial charge is 0.335 e. The zero-order valence-corrected chi connectivity index (χ0v) is 14.5. The first-order valence-corrected chi connectivity index (χ1v) is 8.48. The van der Waals surface area contributed by atoms with Gasteiger partial charge in [-0.3, -0.25) is 0 Å². The lowest BCUT2D eigenvalue weighted by Gasteiger charge is -2.18. The van der Waals surface area contributed by atoms with Crippen molar-refractivity contribution in [3.05, 3.63) is 48.0 Å². The SMILES string of the molecule is CC(C)c1ccc([C@@H]2C[C@H]2NC(=O)N(C)CCn2cnnc2)cc1. The number of hydrogen-bond acceptors (Lipinski definition) is 3. The summed E-state index contributed by atoms with van der Waals surface area (Å²) in [6.07, 6.45) is 4.33. The molecule has 2 amide bonds. The molecule has 0 aliphatic heterocycles. The molecule has 24 heavy (non-hydrogen) atoms. The van der Waals surface area contributed by atoms with Crippen LogP contribution in [0.2, 0.25) is 0 Å². The van der Waals surface area contributed by atoms with E-state index in [1.807, 2.05) is 11.6 Å². The topological polar surface area (TPSA) is 63.1 Å². The Morgan fingerprint density at radius 2 is 1.96 bits per heavy atom. The van der Waals surface area contributed by atoms with Crippen molar-refractivity contribution >= 4 is 6.03 Å². The van der Waals surface area contributed by atoms with Crippen LogP contribution in [0.4, 0.5) is 4.79 Å². The lowest BCUT2D eigenvalue weighted by atomic mass is 10.0. The zero-order valence-electron chi connectivity index (χ0n) is 14.5. The second-order valence-corrected chi connectivity index (χ2v) is 6.84. The van der Waals surface area contributed by atoms with Crippen LogP contribution in [0.25, 0.3) is 0 Å². The smallest absolute Gasteiger partial charge is 0.317 e. The molecule has 0 radical (unpaired) electrons. The molecule has 1 saturated carbocycles. The Morgan fingerprint density at radius 3 is 2.58 bits per heavy atom. The highest BCUT2D eigenvalue weighted by molar-refractivity contribution is 5.74. The molecule has 2 aromatic rings. The van der Waals surface area contributed by atoms with E-state index in [1.165, 1.54) is 11.1 Å². The van der Waals surface area contributed by atoms with E-state index in [9.17, 15) is 4.79 Å². The zero-order chi connectivity index (χ0) is 17.1. The van der Waals surface area contributed by atoms with Crippen LogP contribution in [0.5, 0.6) is 0 Å². The van der Waals surface area contributed by atoms with Crippen molar-refractivity contribution in [3.63, 3.8) is 0 Å². The minimum absolute atomic E-state index is 0.0191. The predicted octanol–water partition coefficient (Wildman–Crippen LogP) is 2.60. The van der Waals surface area contributed by atoms with E-state index in [2.05, 4.69) is 53.6 Å². The number of carbonyl (C=O) groups is 1. The van der Waals surface area contributed by atoms with Gasteiger partial charge in [-0.05, 0) is 23.5 Å². The molecular formula is C18H25N5O. The number of rotatable bonds is 6. The molecule has 6 heteroatoms. The molecule has 128 valence electrons. The van der Waals surface area contributed by atoms with Crippen molar-refractivity contribution in [2.24, 2.45) is 0 Å². The summed E-state index contributed by atoms with van der Waals surface area (Å²) in [6.45, 7) is 5.72. The van der Waals surface area contributed by atoms with Crippen molar-refractivity contribution in [2.75, 3.05) is 13.6 Å². The van der Waals surface area contributed by atoms with Crippen LogP contribution in [0.15, 0.2) is 36.9 Å². The molecule has 1 aliphatic carbocycles. The van der Waals surface area contributed by atoms with Crippen LogP contribution in [-0.4, -0.2) is 45.3 Å². The van der Waals surface area contributed by atoms with Gasteiger partial charge in [0.15, 0.2) is 0 Å². The lowest BCUT2D eigenvalue weighted by Crippen LogP contribution is -2.40. The van der Waals surface area contributed by atoms with Crippen LogP contribution in [0.1, 0.15) is 43.2 Å². The van der Waals surface area contributed by atoms with Crippen molar-refractivity contribution in [2.45, 2.75) is 44.7 Å². The number of nitrogens with zero attached hydrogens (tertiary/aromatic N) is 4. The average molecular weight is 327 g/mol. The minimum atomic E-state index is -0.0191. The molecule has 6 nitrogen and oxygen atoms in total. The Labute approximate surface area is 142 Å². The van der Waals surface area contributed by atoms with Gasteiger partial charge in [0.05, 0.1) is 0 Å².